The van der Waals surface area contributed by atoms with Crippen molar-refractivity contribution in [3.63, 3.8) is 0 Å². The summed E-state index contributed by atoms with van der Waals surface area (Å²) in [6, 6.07) is 0. The van der Waals surface area contributed by atoms with Gasteiger partial charge in [-0.05, 0) is 0 Å². The molecule has 0 saturated carbocycles. The van der Waals surface area contributed by atoms with Gasteiger partial charge in [0.1, 0.15) is 0 Å². The molecule has 0 aromatic carbocycles. The summed E-state index contributed by atoms with van der Waals surface area (Å²) in [5, 5.41) is 14.3. The Bertz CT molecular complexity index is 42.8. The molecule has 6 heteroatoms. The van der Waals surface area contributed by atoms with Crippen LogP contribution in [0.15, 0.2) is 0 Å². The molecule has 0 aliphatic carbocycles. The molecule has 0 unspecified atom stereocenters. The minimum atomic E-state index is -1.32. The topological polar surface area (TPSA) is 72.6 Å². The van der Waals surface area contributed by atoms with E-state index in [1.54, 1.807) is 0 Å². The summed E-state index contributed by atoms with van der Waals surface area (Å²) in [6.07, 6.45) is 0. The van der Waals surface area contributed by atoms with Gasteiger partial charge in [-0.2, -0.15) is 0 Å². The monoisotopic (exact) mass is 143 g/mol. The average molecular weight is 144 g/mol. The molecule has 32 valence electrons. The zero-order valence-corrected chi connectivity index (χ0v) is 5.79. The first-order valence-corrected chi connectivity index (χ1v) is 0.730. The first-order valence-electron chi connectivity index (χ1n) is 0.730. The molecular weight excluding hydrogens is 143 g/mol. The molecule has 0 amide bonds. The van der Waals surface area contributed by atoms with Crippen LogP contribution in [0.2, 0.25) is 0 Å². The number of nitrogens with zero attached hydrogens (tertiary/aromatic N) is 1. The molecule has 0 atom stereocenters. The van der Waals surface area contributed by atoms with Gasteiger partial charge in [0, 0.05) is 19.5 Å². The van der Waals surface area contributed by atoms with Crippen LogP contribution in [0.5, 0.6) is 0 Å². The maximum atomic E-state index is 8.70. The van der Waals surface area contributed by atoms with Gasteiger partial charge in [-0.15, -0.1) is 15.1 Å². The predicted molar refractivity (Wildman–Crippen MR) is 10.7 cm³/mol. The normalized spacial score (nSPS) is 5.50. The minimum Gasteiger partial charge on any atom is -0.214 e. The fourth-order valence-electron chi connectivity index (χ4n) is 0. The summed E-state index contributed by atoms with van der Waals surface area (Å²) in [4.78, 5) is 11.2. The molecule has 0 aromatic rings. The van der Waals surface area contributed by atoms with Crippen molar-refractivity contribution >= 4 is 0 Å². The average Bonchev–Trinajstić information content (AvgIpc) is 1.38. The Morgan fingerprint density at radius 1 is 1.83 bits per heavy atom. The standard InChI is InChI=1S/HNO4.Zn/c2-1(3)5-4;/h4H;. The van der Waals surface area contributed by atoms with E-state index in [-0.39, 0.29) is 19.5 Å². The predicted octanol–water partition coefficient (Wildman–Crippen LogP) is -0.335. The Morgan fingerprint density at radius 3 is 2.00 bits per heavy atom. The molecule has 0 radical (unpaired) electrons. The first kappa shape index (κ1) is 9.24. The molecule has 0 aliphatic heterocycles. The van der Waals surface area contributed by atoms with Crippen LogP contribution in [-0.2, 0) is 24.5 Å². The maximum absolute atomic E-state index is 8.70. The van der Waals surface area contributed by atoms with E-state index in [1.807, 2.05) is 0 Å². The molecule has 0 aliphatic rings. The molecule has 5 nitrogen and oxygen atoms in total. The molecule has 0 rings (SSSR count). The van der Waals surface area contributed by atoms with Gasteiger partial charge in [0.2, 0.25) is 0 Å². The largest absolute Gasteiger partial charge is 0.322 e. The second-order valence-electron chi connectivity index (χ2n) is 0.305. The molecule has 6 heavy (non-hydrogen) atoms. The first-order chi connectivity index (χ1) is 2.27. The zero-order chi connectivity index (χ0) is 4.28. The summed E-state index contributed by atoms with van der Waals surface area (Å²) in [6.45, 7) is 0. The summed E-state index contributed by atoms with van der Waals surface area (Å²) >= 11 is 0. The van der Waals surface area contributed by atoms with Crippen molar-refractivity contribution in [2.24, 2.45) is 0 Å². The third-order valence-corrected chi connectivity index (χ3v) is 0.0667. The molecule has 0 aromatic heterocycles. The summed E-state index contributed by atoms with van der Waals surface area (Å²) < 4.78 is 0. The van der Waals surface area contributed by atoms with Crippen LogP contribution < -0.4 is 0 Å². The van der Waals surface area contributed by atoms with Crippen molar-refractivity contribution < 1.29 is 34.8 Å². The van der Waals surface area contributed by atoms with Gasteiger partial charge in [0.15, 0.2) is 0 Å². The van der Waals surface area contributed by atoms with Crippen molar-refractivity contribution in [3.8, 4) is 0 Å². The Kier molecular flexibility index (Phi) is 7.37. The second-order valence-corrected chi connectivity index (χ2v) is 0.305. The van der Waals surface area contributed by atoms with E-state index >= 15 is 0 Å². The molecular formula is HNO4Zn. The van der Waals surface area contributed by atoms with Gasteiger partial charge in [-0.3, -0.25) is 0 Å². The molecule has 0 heterocycles. The zero-order valence-electron chi connectivity index (χ0n) is 2.83. The number of hydrogen-bond acceptors (Lipinski definition) is 4. The Morgan fingerprint density at radius 2 is 2.00 bits per heavy atom. The van der Waals surface area contributed by atoms with Crippen molar-refractivity contribution in [1.29, 1.82) is 0 Å². The van der Waals surface area contributed by atoms with Crippen molar-refractivity contribution in [2.75, 3.05) is 0 Å². The minimum absolute atomic E-state index is 0. The quantitative estimate of drug-likeness (QED) is 0.237. The van der Waals surface area contributed by atoms with Crippen LogP contribution in [0.25, 0.3) is 0 Å². The third-order valence-electron chi connectivity index (χ3n) is 0.0667. The van der Waals surface area contributed by atoms with E-state index in [0.29, 0.717) is 0 Å². The molecule has 0 spiro atoms. The molecule has 1 N–H and O–H groups in total. The van der Waals surface area contributed by atoms with Crippen molar-refractivity contribution in [3.05, 3.63) is 10.1 Å². The Balaban J connectivity index is 0. The third kappa shape index (κ3) is 9.22. The summed E-state index contributed by atoms with van der Waals surface area (Å²) in [5.41, 5.74) is 0. The second kappa shape index (κ2) is 4.78. The Labute approximate surface area is 45.7 Å². The van der Waals surface area contributed by atoms with Crippen LogP contribution in [0.3, 0.4) is 0 Å². The fraction of sp³-hybridized carbons (Fsp3) is 0. The van der Waals surface area contributed by atoms with E-state index in [4.69, 9.17) is 15.4 Å². The van der Waals surface area contributed by atoms with Gasteiger partial charge in [0.25, 0.3) is 0 Å². The van der Waals surface area contributed by atoms with Gasteiger partial charge < -0.3 is 0 Å². The van der Waals surface area contributed by atoms with Gasteiger partial charge >= 0.3 is 5.09 Å². The van der Waals surface area contributed by atoms with Gasteiger partial charge in [-0.25, -0.2) is 5.26 Å². The van der Waals surface area contributed by atoms with E-state index in [1.165, 1.54) is 0 Å². The SMILES string of the molecule is O=[N+]([O-])OO.[Zn]. The van der Waals surface area contributed by atoms with Crippen molar-refractivity contribution in [2.45, 2.75) is 0 Å². The van der Waals surface area contributed by atoms with Crippen LogP contribution in [0, 0.1) is 10.1 Å². The van der Waals surface area contributed by atoms with Crippen LogP contribution >= 0.6 is 0 Å². The molecule has 0 fully saturated rings. The number of hydrogen-bond donors (Lipinski definition) is 1. The van der Waals surface area contributed by atoms with Gasteiger partial charge in [-0.1, -0.05) is 0 Å². The maximum Gasteiger partial charge on any atom is 0.322 e. The fourth-order valence-corrected chi connectivity index (χ4v) is 0. The van der Waals surface area contributed by atoms with E-state index < -0.39 is 5.09 Å². The van der Waals surface area contributed by atoms with E-state index in [2.05, 4.69) is 4.99 Å². The van der Waals surface area contributed by atoms with E-state index in [9.17, 15) is 0 Å². The summed E-state index contributed by atoms with van der Waals surface area (Å²) in [5.74, 6) is 0. The summed E-state index contributed by atoms with van der Waals surface area (Å²) in [7, 11) is 0. The Hall–Kier alpha value is -0.217. The van der Waals surface area contributed by atoms with Crippen LogP contribution in [0.4, 0.5) is 0 Å². The number of rotatable bonds is 1. The molecule has 0 bridgehead atoms. The van der Waals surface area contributed by atoms with Crippen LogP contribution in [0.1, 0.15) is 0 Å². The molecule has 0 saturated heterocycles. The van der Waals surface area contributed by atoms with Crippen molar-refractivity contribution in [1.82, 2.24) is 0 Å². The van der Waals surface area contributed by atoms with Gasteiger partial charge in [0.05, 0.1) is 0 Å². The van der Waals surface area contributed by atoms with Crippen LogP contribution in [-0.4, -0.2) is 10.3 Å². The van der Waals surface area contributed by atoms with E-state index in [0.717, 1.165) is 0 Å². The smallest absolute Gasteiger partial charge is 0.214 e.